The molecule has 2 N–H and O–H groups in total. The lowest BCUT2D eigenvalue weighted by Gasteiger charge is -2.11. The summed E-state index contributed by atoms with van der Waals surface area (Å²) >= 11 is 0. The van der Waals surface area contributed by atoms with E-state index >= 15 is 0 Å². The molecule has 3 aromatic heterocycles. The van der Waals surface area contributed by atoms with Gasteiger partial charge in [0.15, 0.2) is 5.69 Å². The van der Waals surface area contributed by atoms with Crippen LogP contribution in [0.2, 0.25) is 0 Å². The summed E-state index contributed by atoms with van der Waals surface area (Å²) in [5.41, 5.74) is 4.35. The highest BCUT2D eigenvalue weighted by Crippen LogP contribution is 2.24. The van der Waals surface area contributed by atoms with Crippen molar-refractivity contribution in [2.24, 2.45) is 7.05 Å². The number of nitrogens with zero attached hydrogens (tertiary/aromatic N) is 4. The Bertz CT molecular complexity index is 1570. The van der Waals surface area contributed by atoms with Gasteiger partial charge < -0.3 is 15.4 Å². The second-order valence-corrected chi connectivity index (χ2v) is 7.88. The monoisotopic (exact) mass is 454 g/mol. The Morgan fingerprint density at radius 3 is 2.59 bits per heavy atom. The molecule has 0 radical (unpaired) electrons. The third-order valence-electron chi connectivity index (χ3n) is 5.68. The molecule has 0 bridgehead atoms. The Morgan fingerprint density at radius 2 is 1.79 bits per heavy atom. The zero-order valence-corrected chi connectivity index (χ0v) is 18.9. The lowest BCUT2D eigenvalue weighted by molar-refractivity contribution is 0.101. The number of anilines is 2. The number of nitrogens with one attached hydrogen (secondary N) is 2. The normalized spacial score (nSPS) is 11.0. The molecule has 5 rings (SSSR count). The van der Waals surface area contributed by atoms with Crippen LogP contribution in [0.4, 0.5) is 11.4 Å². The summed E-state index contributed by atoms with van der Waals surface area (Å²) < 4.78 is 8.55. The van der Waals surface area contributed by atoms with Crippen molar-refractivity contribution in [3.05, 3.63) is 83.8 Å². The Morgan fingerprint density at radius 1 is 0.971 bits per heavy atom. The first-order chi connectivity index (χ1) is 16.4. The van der Waals surface area contributed by atoms with Crippen LogP contribution in [-0.2, 0) is 7.05 Å². The first-order valence-corrected chi connectivity index (χ1v) is 10.6. The number of carbonyl (C=O) groups is 2. The Hall–Kier alpha value is -4.66. The highest BCUT2D eigenvalue weighted by molar-refractivity contribution is 6.12. The fraction of sp³-hybridized carbons (Fsp3) is 0.120. The minimum atomic E-state index is -0.298. The fourth-order valence-electron chi connectivity index (χ4n) is 3.91. The lowest BCUT2D eigenvalue weighted by Crippen LogP contribution is -2.15. The van der Waals surface area contributed by atoms with Gasteiger partial charge in [-0.05, 0) is 42.8 Å². The lowest BCUT2D eigenvalue weighted by atomic mass is 10.1. The molecular formula is C25H22N6O3. The number of carbonyl (C=O) groups excluding carboxylic acids is 2. The number of rotatable bonds is 5. The summed E-state index contributed by atoms with van der Waals surface area (Å²) in [7, 11) is 3.38. The quantitative estimate of drug-likeness (QED) is 0.417. The van der Waals surface area contributed by atoms with E-state index in [2.05, 4.69) is 20.8 Å². The van der Waals surface area contributed by atoms with Crippen LogP contribution in [0.1, 0.15) is 26.4 Å². The van der Waals surface area contributed by atoms with Gasteiger partial charge in [-0.15, -0.1) is 0 Å². The number of hydrogen-bond acceptors (Lipinski definition) is 5. The highest BCUT2D eigenvalue weighted by Gasteiger charge is 2.17. The third kappa shape index (κ3) is 3.73. The number of amides is 2. The van der Waals surface area contributed by atoms with Crippen LogP contribution in [0.3, 0.4) is 0 Å². The first kappa shape index (κ1) is 21.2. The van der Waals surface area contributed by atoms with Gasteiger partial charge in [-0.2, -0.15) is 10.2 Å². The Balaban J connectivity index is 1.35. The molecule has 170 valence electrons. The predicted octanol–water partition coefficient (Wildman–Crippen LogP) is 4.04. The molecule has 2 amide bonds. The number of fused-ring (bicyclic) bond motifs is 2. The second kappa shape index (κ2) is 8.36. The van der Waals surface area contributed by atoms with Crippen LogP contribution in [-0.4, -0.2) is 38.3 Å². The Labute approximate surface area is 195 Å². The van der Waals surface area contributed by atoms with Crippen molar-refractivity contribution in [3.8, 4) is 5.75 Å². The van der Waals surface area contributed by atoms with E-state index in [9.17, 15) is 9.59 Å². The number of benzene rings is 2. The van der Waals surface area contributed by atoms with Gasteiger partial charge in [0.2, 0.25) is 0 Å². The largest absolute Gasteiger partial charge is 0.497 e. The molecule has 0 fully saturated rings. The van der Waals surface area contributed by atoms with Crippen molar-refractivity contribution in [1.82, 2.24) is 19.4 Å². The van der Waals surface area contributed by atoms with Crippen molar-refractivity contribution >= 4 is 39.6 Å². The summed E-state index contributed by atoms with van der Waals surface area (Å²) in [6, 6.07) is 16.4. The number of pyridine rings is 1. The van der Waals surface area contributed by atoms with E-state index in [1.807, 2.05) is 31.2 Å². The van der Waals surface area contributed by atoms with Crippen molar-refractivity contribution in [2.75, 3.05) is 17.7 Å². The molecule has 0 aliphatic carbocycles. The topological polar surface area (TPSA) is 103 Å². The van der Waals surface area contributed by atoms with Gasteiger partial charge in [0.05, 0.1) is 29.9 Å². The van der Waals surface area contributed by atoms with E-state index in [4.69, 9.17) is 4.74 Å². The number of methoxy groups -OCH3 is 1. The number of para-hydroxylation sites is 1. The van der Waals surface area contributed by atoms with Gasteiger partial charge in [0, 0.05) is 36.1 Å². The molecule has 9 nitrogen and oxygen atoms in total. The fourth-order valence-corrected chi connectivity index (χ4v) is 3.91. The molecule has 0 atom stereocenters. The number of ether oxygens (including phenoxy) is 1. The van der Waals surface area contributed by atoms with Gasteiger partial charge in [-0.1, -0.05) is 18.2 Å². The molecule has 0 unspecified atom stereocenters. The van der Waals surface area contributed by atoms with Crippen LogP contribution < -0.4 is 15.4 Å². The summed E-state index contributed by atoms with van der Waals surface area (Å²) in [6.07, 6.45) is 3.25. The highest BCUT2D eigenvalue weighted by atomic mass is 16.5. The van der Waals surface area contributed by atoms with Crippen LogP contribution in [0.25, 0.3) is 16.4 Å². The van der Waals surface area contributed by atoms with E-state index in [-0.39, 0.29) is 11.8 Å². The molecule has 0 saturated heterocycles. The minimum Gasteiger partial charge on any atom is -0.497 e. The van der Waals surface area contributed by atoms with Gasteiger partial charge in [-0.25, -0.2) is 4.52 Å². The molecule has 2 aromatic carbocycles. The van der Waals surface area contributed by atoms with E-state index in [1.54, 1.807) is 59.9 Å². The summed E-state index contributed by atoms with van der Waals surface area (Å²) in [4.78, 5) is 25.8. The maximum absolute atomic E-state index is 12.9. The van der Waals surface area contributed by atoms with Crippen LogP contribution in [0.15, 0.2) is 67.0 Å². The molecule has 5 aromatic rings. The molecule has 0 saturated carbocycles. The van der Waals surface area contributed by atoms with Crippen molar-refractivity contribution in [1.29, 1.82) is 0 Å². The summed E-state index contributed by atoms with van der Waals surface area (Å²) in [6.45, 7) is 1.86. The van der Waals surface area contributed by atoms with Crippen LogP contribution in [0, 0.1) is 6.92 Å². The third-order valence-corrected chi connectivity index (χ3v) is 5.68. The van der Waals surface area contributed by atoms with Crippen molar-refractivity contribution < 1.29 is 14.3 Å². The van der Waals surface area contributed by atoms with Gasteiger partial charge in [0.25, 0.3) is 11.8 Å². The van der Waals surface area contributed by atoms with Gasteiger partial charge in [-0.3, -0.25) is 14.3 Å². The first-order valence-electron chi connectivity index (χ1n) is 10.6. The maximum atomic E-state index is 12.9. The van der Waals surface area contributed by atoms with Crippen molar-refractivity contribution in [3.63, 3.8) is 0 Å². The van der Waals surface area contributed by atoms with Crippen molar-refractivity contribution in [2.45, 2.75) is 6.92 Å². The van der Waals surface area contributed by atoms with E-state index in [0.29, 0.717) is 33.9 Å². The number of hydrogen-bond donors (Lipinski definition) is 2. The number of aryl methyl sites for hydroxylation is 2. The molecule has 3 heterocycles. The molecule has 34 heavy (non-hydrogen) atoms. The summed E-state index contributed by atoms with van der Waals surface area (Å²) in [5.74, 6) is 0.0513. The summed E-state index contributed by atoms with van der Waals surface area (Å²) in [5, 5.41) is 15.2. The smallest absolute Gasteiger partial charge is 0.276 e. The zero-order valence-electron chi connectivity index (χ0n) is 18.9. The predicted molar refractivity (Wildman–Crippen MR) is 130 cm³/mol. The SMILES string of the molecule is COc1ccn2ncc(C(=O)Nc3ccc(NC(=O)c4nn(C)c5ccccc45)cc3C)c2c1. The average molecular weight is 454 g/mol. The van der Waals surface area contributed by atoms with E-state index < -0.39 is 0 Å². The Kier molecular flexibility index (Phi) is 5.21. The molecule has 0 aliphatic heterocycles. The molecule has 0 spiro atoms. The molecule has 9 heteroatoms. The van der Waals surface area contributed by atoms with Gasteiger partial charge in [0.1, 0.15) is 5.75 Å². The molecular weight excluding hydrogens is 432 g/mol. The van der Waals surface area contributed by atoms with E-state index in [1.165, 1.54) is 6.20 Å². The van der Waals surface area contributed by atoms with Crippen LogP contribution in [0.5, 0.6) is 5.75 Å². The zero-order chi connectivity index (χ0) is 23.8. The maximum Gasteiger partial charge on any atom is 0.276 e. The van der Waals surface area contributed by atoms with Gasteiger partial charge >= 0.3 is 0 Å². The average Bonchev–Trinajstić information content (AvgIpc) is 3.42. The second-order valence-electron chi connectivity index (χ2n) is 7.88. The number of aromatic nitrogens is 4. The van der Waals surface area contributed by atoms with Crippen LogP contribution >= 0.6 is 0 Å². The minimum absolute atomic E-state index is 0.289. The standard InChI is InChI=1S/C25H22N6O3/c1-15-12-16(27-25(33)23-18-6-4-5-7-21(18)30(2)29-23)8-9-20(15)28-24(32)19-14-26-31-11-10-17(34-3)13-22(19)31/h4-14H,1-3H3,(H,27,33)(H,28,32). The van der Waals surface area contributed by atoms with E-state index in [0.717, 1.165) is 16.5 Å². The molecule has 0 aliphatic rings.